The predicted octanol–water partition coefficient (Wildman–Crippen LogP) is -4.19. The number of hydrogen-bond acceptors (Lipinski definition) is 4. The molecule has 0 bridgehead atoms. The van der Waals surface area contributed by atoms with Crippen LogP contribution in [0.15, 0.2) is 0 Å². The van der Waals surface area contributed by atoms with E-state index >= 15 is 0 Å². The van der Waals surface area contributed by atoms with E-state index in [-0.39, 0.29) is 48.1 Å². The molecule has 12 heavy (non-hydrogen) atoms. The fourth-order valence-corrected chi connectivity index (χ4v) is 0. The third kappa shape index (κ3) is 747. The second kappa shape index (κ2) is 8.84. The molecular weight excluding hydrogens is 271 g/mol. The molecule has 0 radical (unpaired) electrons. The van der Waals surface area contributed by atoms with Gasteiger partial charge in [0, 0.05) is 17.1 Å². The van der Waals surface area contributed by atoms with Crippen molar-refractivity contribution >= 4 is 20.8 Å². The van der Waals surface area contributed by atoms with Crippen molar-refractivity contribution in [1.29, 1.82) is 0 Å². The van der Waals surface area contributed by atoms with Crippen LogP contribution in [0.5, 0.6) is 0 Å². The van der Waals surface area contributed by atoms with Crippen molar-refractivity contribution in [3.8, 4) is 0 Å². The van der Waals surface area contributed by atoms with Crippen molar-refractivity contribution in [3.63, 3.8) is 0 Å². The summed E-state index contributed by atoms with van der Waals surface area (Å²) in [7, 11) is -9.33. The molecule has 12 heteroatoms. The van der Waals surface area contributed by atoms with Crippen LogP contribution in [0.2, 0.25) is 0 Å². The van der Waals surface area contributed by atoms with Crippen LogP contribution in [0.3, 0.4) is 0 Å². The van der Waals surface area contributed by atoms with Crippen molar-refractivity contribution in [1.82, 2.24) is 0 Å². The van der Waals surface area contributed by atoms with Gasteiger partial charge >= 0.3 is 50.4 Å². The van der Waals surface area contributed by atoms with Crippen LogP contribution in [0, 0.1) is 0 Å². The molecule has 0 aliphatic carbocycles. The summed E-state index contributed by atoms with van der Waals surface area (Å²) in [6.07, 6.45) is 0. The molecule has 0 aromatic carbocycles. The molecule has 0 saturated heterocycles. The average Bonchev–Trinajstić information content (AvgIpc) is 1.12. The largest absolute Gasteiger partial charge is 1.00 e. The Morgan fingerprint density at radius 3 is 0.750 bits per heavy atom. The summed E-state index contributed by atoms with van der Waals surface area (Å²) >= 11 is 0. The van der Waals surface area contributed by atoms with Gasteiger partial charge in [-0.1, -0.05) is 0 Å². The monoisotopic (exact) mass is 276 g/mol. The van der Waals surface area contributed by atoms with E-state index in [2.05, 4.69) is 0 Å². The van der Waals surface area contributed by atoms with Crippen LogP contribution in [0.1, 0.15) is 1.43 Å². The van der Waals surface area contributed by atoms with Gasteiger partial charge < -0.3 is 1.43 Å². The van der Waals surface area contributed by atoms with Gasteiger partial charge in [-0.3, -0.25) is 18.2 Å². The van der Waals surface area contributed by atoms with Crippen LogP contribution < -0.4 is 29.6 Å². The Hall–Kier alpha value is 1.26. The van der Waals surface area contributed by atoms with Gasteiger partial charge in [0.1, 0.15) is 0 Å². The second-order valence-electron chi connectivity index (χ2n) is 0.896. The summed E-state index contributed by atoms with van der Waals surface area (Å²) < 4.78 is 63.2. The number of rotatable bonds is 0. The molecule has 0 unspecified atom stereocenters. The van der Waals surface area contributed by atoms with Gasteiger partial charge in [-0.25, -0.2) is 0 Å². The maximum absolute atomic E-state index is 8.74. The summed E-state index contributed by atoms with van der Waals surface area (Å²) in [6.45, 7) is 0. The summed E-state index contributed by atoms with van der Waals surface area (Å²) in [6, 6.07) is 0. The molecular formula is H5FeNaO8S2. The molecule has 0 fully saturated rings. The van der Waals surface area contributed by atoms with E-state index in [0.29, 0.717) is 0 Å². The topological polar surface area (TPSA) is 149 Å². The van der Waals surface area contributed by atoms with Gasteiger partial charge in [-0.2, -0.15) is 16.8 Å². The smallest absolute Gasteiger partial charge is 1.00 e. The van der Waals surface area contributed by atoms with Crippen LogP contribution >= 0.6 is 0 Å². The van der Waals surface area contributed by atoms with Gasteiger partial charge in [0.25, 0.3) is 0 Å². The Bertz CT molecular complexity index is 219. The summed E-state index contributed by atoms with van der Waals surface area (Å²) in [5, 5.41) is 0. The first-order valence-corrected chi connectivity index (χ1v) is 4.19. The molecule has 4 N–H and O–H groups in total. The molecule has 0 aromatic rings. The van der Waals surface area contributed by atoms with Crippen molar-refractivity contribution in [2.24, 2.45) is 0 Å². The normalized spacial score (nSPS) is 9.67. The Labute approximate surface area is 103 Å². The molecule has 8 nitrogen and oxygen atoms in total. The first kappa shape index (κ1) is 23.2. The van der Waals surface area contributed by atoms with Crippen molar-refractivity contribution in [3.05, 3.63) is 0 Å². The average molecular weight is 276 g/mol. The summed E-state index contributed by atoms with van der Waals surface area (Å²) in [4.78, 5) is 0. The Morgan fingerprint density at radius 2 is 0.750 bits per heavy atom. The first-order valence-electron chi connectivity index (χ1n) is 1.40. The zero-order chi connectivity index (χ0) is 9.00. The zero-order valence-corrected chi connectivity index (χ0v) is 10.3. The van der Waals surface area contributed by atoms with E-state index < -0.39 is 20.8 Å². The Balaban J connectivity index is -0.0000000267. The minimum absolute atomic E-state index is 0. The van der Waals surface area contributed by atoms with Gasteiger partial charge in [-0.15, -0.1) is 0 Å². The van der Waals surface area contributed by atoms with Crippen LogP contribution in [-0.4, -0.2) is 35.0 Å². The standard InChI is InChI=1S/Fe.Na.2H2O4S.H/c;;2*1-5(2,3)4;/h;;2*(H2,1,2,3,4);/q;+1;;;-1. The molecule has 0 saturated carbocycles. The molecule has 0 atom stereocenters. The van der Waals surface area contributed by atoms with E-state index in [9.17, 15) is 0 Å². The van der Waals surface area contributed by atoms with Crippen LogP contribution in [0.25, 0.3) is 0 Å². The predicted molar refractivity (Wildman–Crippen MR) is 29.5 cm³/mol. The minimum Gasteiger partial charge on any atom is -1.00 e. The van der Waals surface area contributed by atoms with Gasteiger partial charge in [0.15, 0.2) is 0 Å². The molecule has 74 valence electrons. The quantitative estimate of drug-likeness (QED) is 0.257. The minimum atomic E-state index is -4.67. The summed E-state index contributed by atoms with van der Waals surface area (Å²) in [5.41, 5.74) is 0. The van der Waals surface area contributed by atoms with Gasteiger partial charge in [0.05, 0.1) is 0 Å². The van der Waals surface area contributed by atoms with Crippen LogP contribution in [0.4, 0.5) is 0 Å². The Kier molecular flexibility index (Phi) is 17.1. The molecule has 0 aromatic heterocycles. The molecule has 0 rings (SSSR count). The molecule has 0 spiro atoms. The molecule has 0 heterocycles. The zero-order valence-electron chi connectivity index (χ0n) is 6.59. The fourth-order valence-electron chi connectivity index (χ4n) is 0. The van der Waals surface area contributed by atoms with Crippen molar-refractivity contribution in [2.75, 3.05) is 0 Å². The Morgan fingerprint density at radius 1 is 0.750 bits per heavy atom. The van der Waals surface area contributed by atoms with Crippen LogP contribution in [-0.2, 0) is 37.9 Å². The summed E-state index contributed by atoms with van der Waals surface area (Å²) in [5.74, 6) is 0. The van der Waals surface area contributed by atoms with E-state index in [1.165, 1.54) is 0 Å². The molecule has 0 aliphatic heterocycles. The van der Waals surface area contributed by atoms with Crippen molar-refractivity contribution in [2.45, 2.75) is 0 Å². The van der Waals surface area contributed by atoms with E-state index in [4.69, 9.17) is 35.0 Å². The fraction of sp³-hybridized carbons (Fsp3) is 0. The molecule has 0 aliphatic rings. The maximum atomic E-state index is 8.74. The van der Waals surface area contributed by atoms with Crippen molar-refractivity contribution < 1.29 is 83.1 Å². The van der Waals surface area contributed by atoms with E-state index in [0.717, 1.165) is 0 Å². The first-order chi connectivity index (χ1) is 4.00. The SMILES string of the molecule is O=S(=O)(O)O.O=S(=O)(O)O.[Fe].[H-].[Na+]. The third-order valence-corrected chi connectivity index (χ3v) is 0. The van der Waals surface area contributed by atoms with E-state index in [1.807, 2.05) is 0 Å². The molecule has 0 amide bonds. The maximum Gasteiger partial charge on any atom is 1.00 e. The third-order valence-electron chi connectivity index (χ3n) is 0. The van der Waals surface area contributed by atoms with E-state index in [1.54, 1.807) is 0 Å². The van der Waals surface area contributed by atoms with Gasteiger partial charge in [-0.05, 0) is 0 Å². The number of hydrogen-bond donors (Lipinski definition) is 4. The second-order valence-corrected chi connectivity index (χ2v) is 2.69. The van der Waals surface area contributed by atoms with Gasteiger partial charge in [0.2, 0.25) is 0 Å².